The first-order valence-electron chi connectivity index (χ1n) is 6.20. The number of thioether (sulfide) groups is 1. The molecule has 0 spiro atoms. The van der Waals surface area contributed by atoms with Crippen molar-refractivity contribution in [3.05, 3.63) is 51.2 Å². The van der Waals surface area contributed by atoms with Gasteiger partial charge in [-0.05, 0) is 24.8 Å². The van der Waals surface area contributed by atoms with Crippen LogP contribution in [0.25, 0.3) is 5.78 Å². The first-order chi connectivity index (χ1) is 10.1. The van der Waals surface area contributed by atoms with E-state index in [2.05, 4.69) is 15.1 Å². The molecule has 0 amide bonds. The SMILES string of the molecule is CSc1nc2n(Cc3ccc(Cl)nc3)c(=O)cc(C)n2n1. The first kappa shape index (κ1) is 14.1. The Balaban J connectivity index is 2.14. The first-order valence-corrected chi connectivity index (χ1v) is 7.80. The molecule has 0 unspecified atom stereocenters. The Bertz CT molecular complexity index is 855. The zero-order chi connectivity index (χ0) is 15.0. The summed E-state index contributed by atoms with van der Waals surface area (Å²) in [5.41, 5.74) is 1.52. The molecular weight excluding hydrogens is 310 g/mol. The van der Waals surface area contributed by atoms with Crippen molar-refractivity contribution >= 4 is 29.1 Å². The third-order valence-corrected chi connectivity index (χ3v) is 3.82. The Morgan fingerprint density at radius 1 is 1.38 bits per heavy atom. The summed E-state index contributed by atoms with van der Waals surface area (Å²) in [6.07, 6.45) is 3.55. The van der Waals surface area contributed by atoms with Crippen molar-refractivity contribution in [1.82, 2.24) is 24.1 Å². The summed E-state index contributed by atoms with van der Waals surface area (Å²) in [7, 11) is 0. The van der Waals surface area contributed by atoms with Crippen molar-refractivity contribution in [2.24, 2.45) is 0 Å². The van der Waals surface area contributed by atoms with E-state index in [4.69, 9.17) is 11.6 Å². The van der Waals surface area contributed by atoms with Gasteiger partial charge < -0.3 is 0 Å². The molecule has 0 aliphatic rings. The summed E-state index contributed by atoms with van der Waals surface area (Å²) in [6.45, 7) is 2.21. The summed E-state index contributed by atoms with van der Waals surface area (Å²) >= 11 is 7.21. The molecule has 3 rings (SSSR count). The molecule has 0 aromatic carbocycles. The summed E-state index contributed by atoms with van der Waals surface area (Å²) in [5.74, 6) is 0.527. The number of nitrogens with zero attached hydrogens (tertiary/aromatic N) is 5. The number of hydrogen-bond acceptors (Lipinski definition) is 5. The maximum Gasteiger partial charge on any atom is 0.255 e. The molecular formula is C13H12ClN5OS. The fourth-order valence-electron chi connectivity index (χ4n) is 2.03. The molecule has 3 aromatic heterocycles. The van der Waals surface area contributed by atoms with Crippen LogP contribution in [0.5, 0.6) is 0 Å². The zero-order valence-electron chi connectivity index (χ0n) is 11.4. The molecule has 21 heavy (non-hydrogen) atoms. The minimum absolute atomic E-state index is 0.116. The van der Waals surface area contributed by atoms with E-state index in [1.54, 1.807) is 27.4 Å². The van der Waals surface area contributed by atoms with Gasteiger partial charge in [0.15, 0.2) is 0 Å². The molecule has 108 valence electrons. The molecule has 6 nitrogen and oxygen atoms in total. The standard InChI is InChI=1S/C13H12ClN5OS/c1-8-5-11(20)18(7-9-3-4-10(14)15-6-9)13-16-12(21-2)17-19(8)13/h3-6H,7H2,1-2H3. The highest BCUT2D eigenvalue weighted by molar-refractivity contribution is 7.98. The van der Waals surface area contributed by atoms with E-state index < -0.39 is 0 Å². The number of aryl methyl sites for hydroxylation is 1. The fourth-order valence-corrected chi connectivity index (χ4v) is 2.48. The Kier molecular flexibility index (Phi) is 3.69. The van der Waals surface area contributed by atoms with Gasteiger partial charge in [0.05, 0.1) is 6.54 Å². The van der Waals surface area contributed by atoms with Gasteiger partial charge >= 0.3 is 0 Å². The zero-order valence-corrected chi connectivity index (χ0v) is 13.0. The maximum atomic E-state index is 12.3. The molecule has 0 N–H and O–H groups in total. The van der Waals surface area contributed by atoms with Crippen LogP contribution in [-0.2, 0) is 6.54 Å². The molecule has 0 aliphatic carbocycles. The van der Waals surface area contributed by atoms with Gasteiger partial charge in [0.1, 0.15) is 5.15 Å². The van der Waals surface area contributed by atoms with Crippen LogP contribution in [-0.4, -0.2) is 30.4 Å². The van der Waals surface area contributed by atoms with Crippen LogP contribution in [0, 0.1) is 6.92 Å². The topological polar surface area (TPSA) is 65.1 Å². The van der Waals surface area contributed by atoms with Crippen molar-refractivity contribution < 1.29 is 0 Å². The normalized spacial score (nSPS) is 11.2. The van der Waals surface area contributed by atoms with Gasteiger partial charge in [0.25, 0.3) is 5.56 Å². The number of rotatable bonds is 3. The maximum absolute atomic E-state index is 12.3. The molecule has 0 saturated carbocycles. The van der Waals surface area contributed by atoms with Crippen LogP contribution in [0.2, 0.25) is 5.15 Å². The largest absolute Gasteiger partial charge is 0.272 e. The Morgan fingerprint density at radius 2 is 2.19 bits per heavy atom. The highest BCUT2D eigenvalue weighted by Gasteiger charge is 2.12. The smallest absolute Gasteiger partial charge is 0.255 e. The van der Waals surface area contributed by atoms with Gasteiger partial charge in [-0.25, -0.2) is 9.50 Å². The van der Waals surface area contributed by atoms with E-state index in [0.29, 0.717) is 22.6 Å². The second-order valence-corrected chi connectivity index (χ2v) is 5.67. The van der Waals surface area contributed by atoms with Gasteiger partial charge in [-0.2, -0.15) is 4.98 Å². The van der Waals surface area contributed by atoms with E-state index >= 15 is 0 Å². The predicted molar refractivity (Wildman–Crippen MR) is 82.1 cm³/mol. The van der Waals surface area contributed by atoms with E-state index in [0.717, 1.165) is 11.3 Å². The molecule has 0 saturated heterocycles. The minimum Gasteiger partial charge on any atom is -0.272 e. The van der Waals surface area contributed by atoms with E-state index in [-0.39, 0.29) is 5.56 Å². The fraction of sp³-hybridized carbons (Fsp3) is 0.231. The minimum atomic E-state index is -0.116. The molecule has 8 heteroatoms. The number of pyridine rings is 1. The summed E-state index contributed by atoms with van der Waals surface area (Å²) in [4.78, 5) is 20.7. The highest BCUT2D eigenvalue weighted by atomic mass is 35.5. The van der Waals surface area contributed by atoms with Crippen molar-refractivity contribution in [3.8, 4) is 0 Å². The number of halogens is 1. The molecule has 3 aromatic rings. The van der Waals surface area contributed by atoms with E-state index in [9.17, 15) is 4.79 Å². The van der Waals surface area contributed by atoms with Crippen LogP contribution < -0.4 is 5.56 Å². The molecule has 0 atom stereocenters. The molecule has 0 fully saturated rings. The number of fused-ring (bicyclic) bond motifs is 1. The summed E-state index contributed by atoms with van der Waals surface area (Å²) in [5, 5.41) is 5.41. The Labute approximate surface area is 129 Å². The van der Waals surface area contributed by atoms with Crippen molar-refractivity contribution in [3.63, 3.8) is 0 Å². The molecule has 3 heterocycles. The Morgan fingerprint density at radius 3 is 2.86 bits per heavy atom. The lowest BCUT2D eigenvalue weighted by molar-refractivity contribution is 0.727. The quantitative estimate of drug-likeness (QED) is 0.545. The molecule has 0 aliphatic heterocycles. The van der Waals surface area contributed by atoms with Gasteiger partial charge in [0.2, 0.25) is 10.9 Å². The van der Waals surface area contributed by atoms with Gasteiger partial charge in [-0.1, -0.05) is 29.4 Å². The second kappa shape index (κ2) is 5.50. The van der Waals surface area contributed by atoms with Crippen LogP contribution in [0.4, 0.5) is 0 Å². The van der Waals surface area contributed by atoms with Gasteiger partial charge in [-0.3, -0.25) is 9.36 Å². The van der Waals surface area contributed by atoms with E-state index in [1.165, 1.54) is 11.8 Å². The van der Waals surface area contributed by atoms with Crippen LogP contribution >= 0.6 is 23.4 Å². The monoisotopic (exact) mass is 321 g/mol. The summed E-state index contributed by atoms with van der Waals surface area (Å²) in [6, 6.07) is 5.09. The number of aromatic nitrogens is 5. The van der Waals surface area contributed by atoms with E-state index in [1.807, 2.05) is 19.2 Å². The molecule has 0 bridgehead atoms. The summed E-state index contributed by atoms with van der Waals surface area (Å²) < 4.78 is 3.25. The van der Waals surface area contributed by atoms with Crippen LogP contribution in [0.1, 0.15) is 11.3 Å². The lowest BCUT2D eigenvalue weighted by atomic mass is 10.3. The Hall–Kier alpha value is -1.86. The highest BCUT2D eigenvalue weighted by Crippen LogP contribution is 2.13. The van der Waals surface area contributed by atoms with Crippen molar-refractivity contribution in [2.45, 2.75) is 18.6 Å². The average Bonchev–Trinajstić information content (AvgIpc) is 2.90. The van der Waals surface area contributed by atoms with Crippen LogP contribution in [0.3, 0.4) is 0 Å². The van der Waals surface area contributed by atoms with Gasteiger partial charge in [-0.15, -0.1) is 5.10 Å². The van der Waals surface area contributed by atoms with Gasteiger partial charge in [0, 0.05) is 18.0 Å². The second-order valence-electron chi connectivity index (χ2n) is 4.51. The predicted octanol–water partition coefficient (Wildman–Crippen LogP) is 2.02. The third-order valence-electron chi connectivity index (χ3n) is 3.06. The lowest BCUT2D eigenvalue weighted by Crippen LogP contribution is -2.23. The number of hydrogen-bond donors (Lipinski definition) is 0. The lowest BCUT2D eigenvalue weighted by Gasteiger charge is -2.08. The molecule has 0 radical (unpaired) electrons. The average molecular weight is 322 g/mol. The third kappa shape index (κ3) is 2.66. The van der Waals surface area contributed by atoms with Crippen molar-refractivity contribution in [2.75, 3.05) is 6.26 Å². The van der Waals surface area contributed by atoms with Crippen LogP contribution in [0.15, 0.2) is 34.3 Å². The van der Waals surface area contributed by atoms with Crippen molar-refractivity contribution in [1.29, 1.82) is 0 Å².